The van der Waals surface area contributed by atoms with Crippen molar-refractivity contribution in [2.75, 3.05) is 25.9 Å². The molecule has 0 aromatic heterocycles. The molecule has 5 heteroatoms. The van der Waals surface area contributed by atoms with Gasteiger partial charge in [0.15, 0.2) is 9.84 Å². The van der Waals surface area contributed by atoms with Crippen molar-refractivity contribution in [1.29, 1.82) is 0 Å². The lowest BCUT2D eigenvalue weighted by Crippen LogP contribution is -2.29. The number of carbonyl (C=O) groups excluding carboxylic acids is 1. The van der Waals surface area contributed by atoms with Crippen LogP contribution >= 0.6 is 0 Å². The Hall–Kier alpha value is -1.20. The summed E-state index contributed by atoms with van der Waals surface area (Å²) in [6.45, 7) is 1.09. The molecule has 0 unspecified atom stereocenters. The Balaban J connectivity index is 1.74. The average molecular weight is 337 g/mol. The number of ketones is 1. The highest BCUT2D eigenvalue weighted by Crippen LogP contribution is 2.25. The molecular weight excluding hydrogens is 310 g/mol. The molecule has 128 valence electrons. The summed E-state index contributed by atoms with van der Waals surface area (Å²) in [6, 6.07) is 8.53. The van der Waals surface area contributed by atoms with Crippen molar-refractivity contribution >= 4 is 15.6 Å². The van der Waals surface area contributed by atoms with Crippen LogP contribution in [0.1, 0.15) is 38.5 Å². The molecule has 0 radical (unpaired) electrons. The molecule has 1 saturated carbocycles. The lowest BCUT2D eigenvalue weighted by Gasteiger charge is -2.22. The van der Waals surface area contributed by atoms with Gasteiger partial charge in [0, 0.05) is 25.4 Å². The van der Waals surface area contributed by atoms with E-state index in [1.54, 1.807) is 24.3 Å². The quantitative estimate of drug-likeness (QED) is 0.732. The number of nitrogens with zero attached hydrogens (tertiary/aromatic N) is 1. The summed E-state index contributed by atoms with van der Waals surface area (Å²) in [4.78, 5) is 14.5. The van der Waals surface area contributed by atoms with E-state index in [0.717, 1.165) is 12.8 Å². The van der Waals surface area contributed by atoms with Crippen LogP contribution in [0, 0.1) is 5.92 Å². The molecule has 0 N–H and O–H groups in total. The third-order valence-corrected chi connectivity index (χ3v) is 6.35. The van der Waals surface area contributed by atoms with E-state index in [1.165, 1.54) is 19.3 Å². The van der Waals surface area contributed by atoms with E-state index >= 15 is 0 Å². The molecule has 0 bridgehead atoms. The van der Waals surface area contributed by atoms with Crippen molar-refractivity contribution in [1.82, 2.24) is 4.90 Å². The Kier molecular flexibility index (Phi) is 6.78. The van der Waals surface area contributed by atoms with E-state index in [0.29, 0.717) is 30.2 Å². The van der Waals surface area contributed by atoms with Gasteiger partial charge in [-0.05, 0) is 32.0 Å². The van der Waals surface area contributed by atoms with Gasteiger partial charge in [0.05, 0.1) is 10.6 Å². The van der Waals surface area contributed by atoms with Crippen LogP contribution in [0.3, 0.4) is 0 Å². The van der Waals surface area contributed by atoms with Gasteiger partial charge in [-0.25, -0.2) is 8.42 Å². The van der Waals surface area contributed by atoms with Gasteiger partial charge in [0.25, 0.3) is 0 Å². The zero-order chi connectivity index (χ0) is 16.7. The van der Waals surface area contributed by atoms with Gasteiger partial charge in [0.1, 0.15) is 5.78 Å². The van der Waals surface area contributed by atoms with Crippen LogP contribution < -0.4 is 0 Å². The normalized spacial score (nSPS) is 16.6. The fourth-order valence-electron chi connectivity index (χ4n) is 3.06. The number of benzene rings is 1. The first kappa shape index (κ1) is 18.1. The van der Waals surface area contributed by atoms with Gasteiger partial charge in [0.2, 0.25) is 0 Å². The lowest BCUT2D eigenvalue weighted by atomic mass is 9.85. The minimum Gasteiger partial charge on any atom is -0.305 e. The van der Waals surface area contributed by atoms with Gasteiger partial charge in [-0.2, -0.15) is 0 Å². The summed E-state index contributed by atoms with van der Waals surface area (Å²) >= 11 is 0. The zero-order valence-electron chi connectivity index (χ0n) is 13.9. The number of hydrogen-bond donors (Lipinski definition) is 0. The summed E-state index contributed by atoms with van der Waals surface area (Å²) in [5.41, 5.74) is 0. The molecule has 1 aliphatic carbocycles. The highest BCUT2D eigenvalue weighted by Gasteiger charge is 2.21. The molecule has 1 fully saturated rings. The van der Waals surface area contributed by atoms with Crippen molar-refractivity contribution in [3.63, 3.8) is 0 Å². The topological polar surface area (TPSA) is 54.5 Å². The van der Waals surface area contributed by atoms with E-state index in [-0.39, 0.29) is 11.7 Å². The van der Waals surface area contributed by atoms with Crippen LogP contribution in [0.25, 0.3) is 0 Å². The maximum absolute atomic E-state index is 12.2. The second-order valence-electron chi connectivity index (χ2n) is 6.49. The second kappa shape index (κ2) is 8.60. The van der Waals surface area contributed by atoms with Crippen molar-refractivity contribution < 1.29 is 13.2 Å². The molecule has 0 aliphatic heterocycles. The third-order valence-electron chi connectivity index (χ3n) is 4.64. The van der Waals surface area contributed by atoms with Crippen molar-refractivity contribution in [2.24, 2.45) is 5.92 Å². The third kappa shape index (κ3) is 5.74. The Labute approximate surface area is 139 Å². The molecule has 23 heavy (non-hydrogen) atoms. The summed E-state index contributed by atoms with van der Waals surface area (Å²) in [7, 11) is -1.36. The van der Waals surface area contributed by atoms with Crippen molar-refractivity contribution in [3.05, 3.63) is 30.3 Å². The fraction of sp³-hybridized carbons (Fsp3) is 0.611. The average Bonchev–Trinajstić information content (AvgIpc) is 2.59. The van der Waals surface area contributed by atoms with Crippen LogP contribution in [0.15, 0.2) is 35.2 Å². The van der Waals surface area contributed by atoms with Crippen LogP contribution in [0.5, 0.6) is 0 Å². The predicted molar refractivity (Wildman–Crippen MR) is 92.2 cm³/mol. The van der Waals surface area contributed by atoms with Gasteiger partial charge in [-0.1, -0.05) is 37.5 Å². The molecule has 0 heterocycles. The minimum absolute atomic E-state index is 0.0884. The number of Topliss-reactive ketones (excluding diaryl/α,β-unsaturated/α-hetero) is 1. The smallest absolute Gasteiger partial charge is 0.179 e. The molecular formula is C18H27NO3S. The molecule has 1 aromatic carbocycles. The Morgan fingerprint density at radius 2 is 1.74 bits per heavy atom. The SMILES string of the molecule is CN(CCC(=O)C1CCCCC1)CCS(=O)(=O)c1ccccc1. The molecule has 0 amide bonds. The molecule has 1 aliphatic rings. The molecule has 0 spiro atoms. The molecule has 0 atom stereocenters. The first-order valence-electron chi connectivity index (χ1n) is 8.48. The zero-order valence-corrected chi connectivity index (χ0v) is 14.7. The standard InChI is InChI=1S/C18H27NO3S/c1-19(13-12-18(20)16-8-4-2-5-9-16)14-15-23(21,22)17-10-6-3-7-11-17/h3,6-7,10-11,16H,2,4-5,8-9,12-15H2,1H3. The Bertz CT molecular complexity index is 592. The summed E-state index contributed by atoms with van der Waals surface area (Å²) in [5, 5.41) is 0. The predicted octanol–water partition coefficient (Wildman–Crippen LogP) is 2.93. The van der Waals surface area contributed by atoms with E-state index in [9.17, 15) is 13.2 Å². The summed E-state index contributed by atoms with van der Waals surface area (Å²) in [5.74, 6) is 0.679. The first-order chi connectivity index (χ1) is 11.0. The number of sulfone groups is 1. The summed E-state index contributed by atoms with van der Waals surface area (Å²) in [6.07, 6.45) is 6.19. The Morgan fingerprint density at radius 3 is 2.39 bits per heavy atom. The maximum Gasteiger partial charge on any atom is 0.179 e. The van der Waals surface area contributed by atoms with Crippen LogP contribution in [-0.2, 0) is 14.6 Å². The van der Waals surface area contributed by atoms with Gasteiger partial charge in [-0.15, -0.1) is 0 Å². The Morgan fingerprint density at radius 1 is 1.09 bits per heavy atom. The van der Waals surface area contributed by atoms with Crippen molar-refractivity contribution in [3.8, 4) is 0 Å². The van der Waals surface area contributed by atoms with E-state index in [2.05, 4.69) is 0 Å². The molecule has 1 aromatic rings. The fourth-order valence-corrected chi connectivity index (χ4v) is 4.42. The van der Waals surface area contributed by atoms with E-state index < -0.39 is 9.84 Å². The molecule has 0 saturated heterocycles. The lowest BCUT2D eigenvalue weighted by molar-refractivity contribution is -0.124. The van der Waals surface area contributed by atoms with Gasteiger partial charge < -0.3 is 4.90 Å². The second-order valence-corrected chi connectivity index (χ2v) is 8.60. The van der Waals surface area contributed by atoms with Crippen LogP contribution in [-0.4, -0.2) is 45.0 Å². The largest absolute Gasteiger partial charge is 0.305 e. The summed E-state index contributed by atoms with van der Waals surface area (Å²) < 4.78 is 24.5. The van der Waals surface area contributed by atoms with Crippen LogP contribution in [0.2, 0.25) is 0 Å². The van der Waals surface area contributed by atoms with E-state index in [1.807, 2.05) is 18.0 Å². The first-order valence-corrected chi connectivity index (χ1v) is 10.1. The van der Waals surface area contributed by atoms with Gasteiger partial charge >= 0.3 is 0 Å². The number of carbonyl (C=O) groups is 1. The van der Waals surface area contributed by atoms with Crippen LogP contribution in [0.4, 0.5) is 0 Å². The van der Waals surface area contributed by atoms with E-state index in [4.69, 9.17) is 0 Å². The molecule has 4 nitrogen and oxygen atoms in total. The number of rotatable bonds is 8. The van der Waals surface area contributed by atoms with Crippen molar-refractivity contribution in [2.45, 2.75) is 43.4 Å². The molecule has 2 rings (SSSR count). The minimum atomic E-state index is -3.24. The van der Waals surface area contributed by atoms with Gasteiger partial charge in [-0.3, -0.25) is 4.79 Å². The maximum atomic E-state index is 12.2. The highest BCUT2D eigenvalue weighted by molar-refractivity contribution is 7.91. The highest BCUT2D eigenvalue weighted by atomic mass is 32.2. The number of hydrogen-bond acceptors (Lipinski definition) is 4. The monoisotopic (exact) mass is 337 g/mol.